The van der Waals surface area contributed by atoms with Gasteiger partial charge in [0.1, 0.15) is 11.5 Å². The molecule has 0 fully saturated rings. The highest BCUT2D eigenvalue weighted by molar-refractivity contribution is 6.05. The first kappa shape index (κ1) is 16.9. The molecule has 0 saturated heterocycles. The maximum absolute atomic E-state index is 14.0. The Bertz CT molecular complexity index is 934. The van der Waals surface area contributed by atoms with Gasteiger partial charge in [0.2, 0.25) is 0 Å². The largest absolute Gasteiger partial charge is 0.392 e. The summed E-state index contributed by atoms with van der Waals surface area (Å²) in [7, 11) is 0. The summed E-state index contributed by atoms with van der Waals surface area (Å²) in [4.78, 5) is 12.6. The van der Waals surface area contributed by atoms with E-state index in [-0.39, 0.29) is 18.2 Å². The second kappa shape index (κ2) is 6.86. The van der Waals surface area contributed by atoms with E-state index in [1.54, 1.807) is 37.3 Å². The molecule has 0 aliphatic heterocycles. The highest BCUT2D eigenvalue weighted by Crippen LogP contribution is 2.21. The first-order chi connectivity index (χ1) is 12.0. The van der Waals surface area contributed by atoms with E-state index in [1.165, 1.54) is 16.9 Å². The molecular weight excluding hydrogens is 321 g/mol. The Labute approximate surface area is 144 Å². The van der Waals surface area contributed by atoms with Crippen LogP contribution in [-0.2, 0) is 6.61 Å². The second-order valence-electron chi connectivity index (χ2n) is 5.77. The summed E-state index contributed by atoms with van der Waals surface area (Å²) in [5.41, 5.74) is 3.40. The van der Waals surface area contributed by atoms with Crippen LogP contribution in [0.25, 0.3) is 5.69 Å². The molecule has 3 rings (SSSR count). The van der Waals surface area contributed by atoms with Crippen molar-refractivity contribution < 1.29 is 14.3 Å². The third-order valence-electron chi connectivity index (χ3n) is 4.07. The summed E-state index contributed by atoms with van der Waals surface area (Å²) in [5, 5.41) is 16.2. The Balaban J connectivity index is 1.91. The SMILES string of the molecule is Cc1ccc(CO)cc1NC(=O)c1cnn(-c2ccccc2F)c1C. The van der Waals surface area contributed by atoms with Gasteiger partial charge in [-0.1, -0.05) is 24.3 Å². The number of hydrogen-bond acceptors (Lipinski definition) is 3. The number of amides is 1. The van der Waals surface area contributed by atoms with E-state index in [0.29, 0.717) is 22.5 Å². The van der Waals surface area contributed by atoms with Crippen molar-refractivity contribution in [2.75, 3.05) is 5.32 Å². The number of aromatic nitrogens is 2. The van der Waals surface area contributed by atoms with Gasteiger partial charge in [-0.25, -0.2) is 9.07 Å². The van der Waals surface area contributed by atoms with Gasteiger partial charge in [0, 0.05) is 5.69 Å². The van der Waals surface area contributed by atoms with Crippen molar-refractivity contribution >= 4 is 11.6 Å². The molecule has 2 aromatic carbocycles. The van der Waals surface area contributed by atoms with Crippen LogP contribution in [0.1, 0.15) is 27.2 Å². The van der Waals surface area contributed by atoms with Crippen LogP contribution in [0.15, 0.2) is 48.7 Å². The molecule has 0 bridgehead atoms. The van der Waals surface area contributed by atoms with Crippen LogP contribution in [0, 0.1) is 19.7 Å². The molecule has 0 saturated carbocycles. The van der Waals surface area contributed by atoms with E-state index in [1.807, 2.05) is 13.0 Å². The molecule has 2 N–H and O–H groups in total. The van der Waals surface area contributed by atoms with Crippen molar-refractivity contribution in [3.63, 3.8) is 0 Å². The first-order valence-electron chi connectivity index (χ1n) is 7.82. The fraction of sp³-hybridized carbons (Fsp3) is 0.158. The van der Waals surface area contributed by atoms with E-state index < -0.39 is 5.82 Å². The lowest BCUT2D eigenvalue weighted by atomic mass is 10.1. The Hall–Kier alpha value is -2.99. The minimum Gasteiger partial charge on any atom is -0.392 e. The molecule has 1 heterocycles. The fourth-order valence-electron chi connectivity index (χ4n) is 2.59. The van der Waals surface area contributed by atoms with Crippen molar-refractivity contribution in [3.05, 3.63) is 76.9 Å². The number of carbonyl (C=O) groups is 1. The van der Waals surface area contributed by atoms with E-state index in [4.69, 9.17) is 0 Å². The molecule has 0 aliphatic carbocycles. The van der Waals surface area contributed by atoms with Crippen LogP contribution in [0.2, 0.25) is 0 Å². The number of halogens is 1. The summed E-state index contributed by atoms with van der Waals surface area (Å²) in [6, 6.07) is 11.6. The lowest BCUT2D eigenvalue weighted by molar-refractivity contribution is 0.102. The lowest BCUT2D eigenvalue weighted by Gasteiger charge is -2.10. The molecular formula is C19H18FN3O2. The lowest BCUT2D eigenvalue weighted by Crippen LogP contribution is -2.14. The summed E-state index contributed by atoms with van der Waals surface area (Å²) < 4.78 is 15.4. The zero-order valence-corrected chi connectivity index (χ0v) is 14.0. The van der Waals surface area contributed by atoms with Gasteiger partial charge in [-0.05, 0) is 43.2 Å². The van der Waals surface area contributed by atoms with Gasteiger partial charge in [0.15, 0.2) is 0 Å². The van der Waals surface area contributed by atoms with Gasteiger partial charge in [0.05, 0.1) is 24.1 Å². The third kappa shape index (κ3) is 3.29. The predicted molar refractivity (Wildman–Crippen MR) is 93.3 cm³/mol. The molecule has 5 nitrogen and oxygen atoms in total. The quantitative estimate of drug-likeness (QED) is 0.766. The van der Waals surface area contributed by atoms with Crippen molar-refractivity contribution in [1.29, 1.82) is 0 Å². The van der Waals surface area contributed by atoms with Crippen molar-refractivity contribution in [3.8, 4) is 5.69 Å². The van der Waals surface area contributed by atoms with E-state index in [9.17, 15) is 14.3 Å². The van der Waals surface area contributed by atoms with Gasteiger partial charge in [-0.2, -0.15) is 5.10 Å². The maximum Gasteiger partial charge on any atom is 0.259 e. The number of benzene rings is 2. The molecule has 25 heavy (non-hydrogen) atoms. The average molecular weight is 339 g/mol. The van der Waals surface area contributed by atoms with Gasteiger partial charge < -0.3 is 10.4 Å². The van der Waals surface area contributed by atoms with Crippen LogP contribution >= 0.6 is 0 Å². The number of aliphatic hydroxyl groups is 1. The topological polar surface area (TPSA) is 67.2 Å². The van der Waals surface area contributed by atoms with Gasteiger partial charge in [-0.3, -0.25) is 4.79 Å². The minimum atomic E-state index is -0.410. The molecule has 0 unspecified atom stereocenters. The summed E-state index contributed by atoms with van der Waals surface area (Å²) in [6.07, 6.45) is 1.42. The van der Waals surface area contributed by atoms with E-state index >= 15 is 0 Å². The average Bonchev–Trinajstić information content (AvgIpc) is 2.98. The van der Waals surface area contributed by atoms with Crippen LogP contribution in [-0.4, -0.2) is 20.8 Å². The molecule has 128 valence electrons. The summed E-state index contributed by atoms with van der Waals surface area (Å²) in [5.74, 6) is -0.745. The molecule has 0 spiro atoms. The van der Waals surface area contributed by atoms with Crippen LogP contribution < -0.4 is 5.32 Å². The Morgan fingerprint density at radius 1 is 1.24 bits per heavy atom. The van der Waals surface area contributed by atoms with Crippen molar-refractivity contribution in [2.45, 2.75) is 20.5 Å². The normalized spacial score (nSPS) is 10.7. The number of nitrogens with zero attached hydrogens (tertiary/aromatic N) is 2. The Morgan fingerprint density at radius 2 is 2.00 bits per heavy atom. The predicted octanol–water partition coefficient (Wildman–Crippen LogP) is 3.37. The number of carbonyl (C=O) groups excluding carboxylic acids is 1. The number of nitrogens with one attached hydrogen (secondary N) is 1. The van der Waals surface area contributed by atoms with Crippen LogP contribution in [0.3, 0.4) is 0 Å². The first-order valence-corrected chi connectivity index (χ1v) is 7.82. The number of anilines is 1. The zero-order valence-electron chi connectivity index (χ0n) is 14.0. The molecule has 0 radical (unpaired) electrons. The number of aryl methyl sites for hydroxylation is 1. The standard InChI is InChI=1S/C19H18FN3O2/c1-12-7-8-14(11-24)9-17(12)22-19(25)15-10-21-23(13(15)2)18-6-4-3-5-16(18)20/h3-10,24H,11H2,1-2H3,(H,22,25). The highest BCUT2D eigenvalue weighted by Gasteiger charge is 2.17. The van der Waals surface area contributed by atoms with Crippen LogP contribution in [0.4, 0.5) is 10.1 Å². The minimum absolute atomic E-state index is 0.104. The second-order valence-corrected chi connectivity index (χ2v) is 5.77. The molecule has 3 aromatic rings. The van der Waals surface area contributed by atoms with Gasteiger partial charge in [-0.15, -0.1) is 0 Å². The molecule has 0 atom stereocenters. The van der Waals surface area contributed by atoms with Gasteiger partial charge >= 0.3 is 0 Å². The number of rotatable bonds is 4. The van der Waals surface area contributed by atoms with Crippen molar-refractivity contribution in [1.82, 2.24) is 9.78 Å². The molecule has 0 aliphatic rings. The third-order valence-corrected chi connectivity index (χ3v) is 4.07. The summed E-state index contributed by atoms with van der Waals surface area (Å²) >= 11 is 0. The molecule has 6 heteroatoms. The molecule has 1 amide bonds. The Morgan fingerprint density at radius 3 is 2.72 bits per heavy atom. The maximum atomic E-state index is 14.0. The van der Waals surface area contributed by atoms with E-state index in [0.717, 1.165) is 5.56 Å². The van der Waals surface area contributed by atoms with Gasteiger partial charge in [0.25, 0.3) is 5.91 Å². The highest BCUT2D eigenvalue weighted by atomic mass is 19.1. The number of para-hydroxylation sites is 1. The zero-order chi connectivity index (χ0) is 18.0. The number of hydrogen-bond donors (Lipinski definition) is 2. The smallest absolute Gasteiger partial charge is 0.259 e. The number of aliphatic hydroxyl groups excluding tert-OH is 1. The van der Waals surface area contributed by atoms with Crippen molar-refractivity contribution in [2.24, 2.45) is 0 Å². The van der Waals surface area contributed by atoms with Crippen LogP contribution in [0.5, 0.6) is 0 Å². The fourth-order valence-corrected chi connectivity index (χ4v) is 2.59. The Kier molecular flexibility index (Phi) is 4.63. The summed E-state index contributed by atoms with van der Waals surface area (Å²) in [6.45, 7) is 3.48. The monoisotopic (exact) mass is 339 g/mol. The van der Waals surface area contributed by atoms with E-state index in [2.05, 4.69) is 10.4 Å². The molecule has 1 aromatic heterocycles.